The zero-order chi connectivity index (χ0) is 20.1. The first kappa shape index (κ1) is 20.2. The van der Waals surface area contributed by atoms with Gasteiger partial charge in [0.2, 0.25) is 10.0 Å². The predicted molar refractivity (Wildman–Crippen MR) is 97.6 cm³/mol. The van der Waals surface area contributed by atoms with Crippen molar-refractivity contribution in [2.24, 2.45) is 0 Å². The van der Waals surface area contributed by atoms with E-state index in [1.807, 2.05) is 0 Å². The van der Waals surface area contributed by atoms with Gasteiger partial charge in [-0.15, -0.1) is 0 Å². The highest BCUT2D eigenvalue weighted by atomic mass is 32.2. The van der Waals surface area contributed by atoms with Crippen LogP contribution in [0, 0.1) is 13.8 Å². The smallest absolute Gasteiger partial charge is 0.306 e. The van der Waals surface area contributed by atoms with Gasteiger partial charge in [0.25, 0.3) is 0 Å². The third-order valence-corrected chi connectivity index (χ3v) is 5.69. The maximum absolute atomic E-state index is 12.4. The van der Waals surface area contributed by atoms with Crippen molar-refractivity contribution in [1.29, 1.82) is 0 Å². The molecule has 10 heteroatoms. The molecule has 152 valence electrons. The molecule has 0 amide bonds. The summed E-state index contributed by atoms with van der Waals surface area (Å²) in [6.45, 7) is 4.52. The van der Waals surface area contributed by atoms with E-state index >= 15 is 0 Å². The molecule has 3 rings (SSSR count). The van der Waals surface area contributed by atoms with E-state index in [-0.39, 0.29) is 24.5 Å². The van der Waals surface area contributed by atoms with Crippen LogP contribution in [0.3, 0.4) is 0 Å². The van der Waals surface area contributed by atoms with E-state index in [9.17, 15) is 13.2 Å². The lowest BCUT2D eigenvalue weighted by Gasteiger charge is -2.18. The van der Waals surface area contributed by atoms with Crippen LogP contribution in [0.15, 0.2) is 27.6 Å². The number of nitrogens with zero attached hydrogens (tertiary/aromatic N) is 1. The second-order valence-electron chi connectivity index (χ2n) is 6.27. The average Bonchev–Trinajstić information content (AvgIpc) is 3.01. The Morgan fingerprint density at radius 2 is 1.96 bits per heavy atom. The Bertz CT molecular complexity index is 933. The lowest BCUT2D eigenvalue weighted by atomic mass is 10.2. The minimum atomic E-state index is -3.71. The van der Waals surface area contributed by atoms with Crippen LogP contribution in [0.1, 0.15) is 29.9 Å². The molecule has 0 atom stereocenters. The minimum absolute atomic E-state index is 0.0812. The molecule has 28 heavy (non-hydrogen) atoms. The lowest BCUT2D eigenvalue weighted by molar-refractivity contribution is -0.145. The summed E-state index contributed by atoms with van der Waals surface area (Å²) in [6.07, 6.45) is 0.400. The van der Waals surface area contributed by atoms with Gasteiger partial charge in [-0.1, -0.05) is 5.16 Å². The molecule has 0 spiro atoms. The van der Waals surface area contributed by atoms with Crippen molar-refractivity contribution in [1.82, 2.24) is 9.88 Å². The highest BCUT2D eigenvalue weighted by Gasteiger charge is 2.19. The molecule has 2 heterocycles. The van der Waals surface area contributed by atoms with Gasteiger partial charge in [-0.3, -0.25) is 4.79 Å². The molecule has 0 saturated heterocycles. The lowest BCUT2D eigenvalue weighted by Crippen LogP contribution is -2.25. The van der Waals surface area contributed by atoms with Crippen LogP contribution in [0.25, 0.3) is 0 Å². The number of carbonyl (C=O) groups excluding carboxylic acids is 1. The monoisotopic (exact) mass is 410 g/mol. The summed E-state index contributed by atoms with van der Waals surface area (Å²) < 4.78 is 48.2. The number of hydrogen-bond acceptors (Lipinski definition) is 8. The minimum Gasteiger partial charge on any atom is -0.486 e. The molecule has 0 fully saturated rings. The fourth-order valence-corrected chi connectivity index (χ4v) is 3.74. The summed E-state index contributed by atoms with van der Waals surface area (Å²) in [4.78, 5) is 11.9. The van der Waals surface area contributed by atoms with Gasteiger partial charge in [-0.05, 0) is 32.4 Å². The van der Waals surface area contributed by atoms with Crippen LogP contribution < -0.4 is 14.2 Å². The van der Waals surface area contributed by atoms with Crippen LogP contribution in [0.5, 0.6) is 11.5 Å². The number of aryl methyl sites for hydroxylation is 2. The van der Waals surface area contributed by atoms with E-state index < -0.39 is 16.0 Å². The molecule has 0 saturated carbocycles. The number of benzene rings is 1. The van der Waals surface area contributed by atoms with Gasteiger partial charge >= 0.3 is 5.97 Å². The first-order valence-corrected chi connectivity index (χ1v) is 10.3. The van der Waals surface area contributed by atoms with Crippen LogP contribution in [0.4, 0.5) is 0 Å². The summed E-state index contributed by atoms with van der Waals surface area (Å²) in [6, 6.07) is 4.44. The molecule has 9 nitrogen and oxygen atoms in total. The van der Waals surface area contributed by atoms with Crippen molar-refractivity contribution in [2.75, 3.05) is 19.8 Å². The standard InChI is InChI=1S/C18H22N2O7S/c1-12-15(13(2)27-20-12)11-26-18(21)4-3-7-19-28(22,23)14-5-6-16-17(10-14)25-9-8-24-16/h5-6,10,19H,3-4,7-9,11H2,1-2H3. The van der Waals surface area contributed by atoms with Gasteiger partial charge in [0, 0.05) is 19.0 Å². The number of carbonyl (C=O) groups is 1. The van der Waals surface area contributed by atoms with Gasteiger partial charge in [-0.2, -0.15) is 0 Å². The Morgan fingerprint density at radius 3 is 2.68 bits per heavy atom. The molecule has 1 aliphatic heterocycles. The largest absolute Gasteiger partial charge is 0.486 e. The highest BCUT2D eigenvalue weighted by molar-refractivity contribution is 7.89. The number of fused-ring (bicyclic) bond motifs is 1. The highest BCUT2D eigenvalue weighted by Crippen LogP contribution is 2.32. The number of rotatable bonds is 8. The third-order valence-electron chi connectivity index (χ3n) is 4.23. The van der Waals surface area contributed by atoms with E-state index in [4.69, 9.17) is 18.7 Å². The van der Waals surface area contributed by atoms with E-state index in [0.29, 0.717) is 42.6 Å². The Hall–Kier alpha value is -2.59. The Kier molecular flexibility index (Phi) is 6.20. The molecule has 1 aromatic carbocycles. The molecule has 1 N–H and O–H groups in total. The van der Waals surface area contributed by atoms with Gasteiger partial charge in [-0.25, -0.2) is 13.1 Å². The summed E-state index contributed by atoms with van der Waals surface area (Å²) in [7, 11) is -3.71. The number of sulfonamides is 1. The van der Waals surface area contributed by atoms with Crippen molar-refractivity contribution in [3.8, 4) is 11.5 Å². The maximum Gasteiger partial charge on any atom is 0.306 e. The maximum atomic E-state index is 12.4. The quantitative estimate of drug-likeness (QED) is 0.518. The van der Waals surface area contributed by atoms with Gasteiger partial charge in [0.05, 0.1) is 16.2 Å². The zero-order valence-electron chi connectivity index (χ0n) is 15.7. The zero-order valence-corrected chi connectivity index (χ0v) is 16.5. The first-order valence-electron chi connectivity index (χ1n) is 8.83. The summed E-state index contributed by atoms with van der Waals surface area (Å²) in [5.74, 6) is 1.11. The van der Waals surface area contributed by atoms with Crippen molar-refractivity contribution < 1.29 is 31.9 Å². The van der Waals surface area contributed by atoms with Crippen molar-refractivity contribution in [3.63, 3.8) is 0 Å². The van der Waals surface area contributed by atoms with Crippen LogP contribution in [0.2, 0.25) is 0 Å². The Balaban J connectivity index is 1.44. The summed E-state index contributed by atoms with van der Waals surface area (Å²) in [5, 5.41) is 3.79. The molecule has 2 aromatic rings. The predicted octanol–water partition coefficient (Wildman–Crippen LogP) is 1.86. The molecular formula is C18H22N2O7S. The molecule has 0 unspecified atom stereocenters. The summed E-state index contributed by atoms with van der Waals surface area (Å²) in [5.41, 5.74) is 1.42. The van der Waals surface area contributed by atoms with Crippen molar-refractivity contribution in [2.45, 2.75) is 38.2 Å². The van der Waals surface area contributed by atoms with E-state index in [1.165, 1.54) is 12.1 Å². The molecular weight excluding hydrogens is 388 g/mol. The topological polar surface area (TPSA) is 117 Å². The van der Waals surface area contributed by atoms with Crippen LogP contribution >= 0.6 is 0 Å². The van der Waals surface area contributed by atoms with Crippen LogP contribution in [-0.2, 0) is 26.2 Å². The average molecular weight is 410 g/mol. The van der Waals surface area contributed by atoms with E-state index in [2.05, 4.69) is 9.88 Å². The number of esters is 1. The molecule has 0 radical (unpaired) electrons. The Morgan fingerprint density at radius 1 is 1.21 bits per heavy atom. The third kappa shape index (κ3) is 4.82. The Labute approximate surface area is 163 Å². The number of ether oxygens (including phenoxy) is 3. The first-order chi connectivity index (χ1) is 13.4. The fourth-order valence-electron chi connectivity index (χ4n) is 2.65. The SMILES string of the molecule is Cc1noc(C)c1COC(=O)CCCNS(=O)(=O)c1ccc2c(c1)OCCO2. The molecule has 1 aliphatic rings. The van der Waals surface area contributed by atoms with Gasteiger partial charge in [0.15, 0.2) is 11.5 Å². The number of hydrogen-bond donors (Lipinski definition) is 1. The van der Waals surface area contributed by atoms with Gasteiger partial charge in [0.1, 0.15) is 25.6 Å². The van der Waals surface area contributed by atoms with Crippen molar-refractivity contribution in [3.05, 3.63) is 35.2 Å². The summed E-state index contributed by atoms with van der Waals surface area (Å²) >= 11 is 0. The van der Waals surface area contributed by atoms with Gasteiger partial charge < -0.3 is 18.7 Å². The second kappa shape index (κ2) is 8.61. The van der Waals surface area contributed by atoms with E-state index in [0.717, 1.165) is 5.56 Å². The fraction of sp³-hybridized carbons (Fsp3) is 0.444. The van der Waals surface area contributed by atoms with E-state index in [1.54, 1.807) is 19.9 Å². The second-order valence-corrected chi connectivity index (χ2v) is 8.04. The van der Waals surface area contributed by atoms with Crippen LogP contribution in [-0.4, -0.2) is 39.3 Å². The molecule has 0 aliphatic carbocycles. The normalized spacial score (nSPS) is 13.4. The molecule has 0 bridgehead atoms. The number of aromatic nitrogens is 1. The molecule has 1 aromatic heterocycles. The number of nitrogens with one attached hydrogen (secondary N) is 1. The van der Waals surface area contributed by atoms with Crippen molar-refractivity contribution >= 4 is 16.0 Å².